The van der Waals surface area contributed by atoms with Crippen molar-refractivity contribution in [3.05, 3.63) is 18.0 Å². The highest BCUT2D eigenvalue weighted by atomic mass is 16.1. The van der Waals surface area contributed by atoms with Crippen molar-refractivity contribution in [1.29, 1.82) is 0 Å². The summed E-state index contributed by atoms with van der Waals surface area (Å²) in [6, 6.07) is 1.99. The molecule has 66 valence electrons. The summed E-state index contributed by atoms with van der Waals surface area (Å²) in [5.74, 6) is -0.0248. The first-order valence-corrected chi connectivity index (χ1v) is 4.06. The third kappa shape index (κ3) is 1.87. The molecule has 1 aromatic heterocycles. The van der Waals surface area contributed by atoms with Gasteiger partial charge in [-0.1, -0.05) is 6.92 Å². The van der Waals surface area contributed by atoms with Gasteiger partial charge in [0.25, 0.3) is 0 Å². The molecule has 0 aromatic carbocycles. The minimum atomic E-state index is -0.0248. The lowest BCUT2D eigenvalue weighted by atomic mass is 10.3. The number of aryl methyl sites for hydroxylation is 2. The number of hydrogen-bond acceptors (Lipinski definition) is 1. The molecule has 1 rings (SSSR count). The van der Waals surface area contributed by atoms with Gasteiger partial charge in [0.15, 0.2) is 0 Å². The van der Waals surface area contributed by atoms with Crippen molar-refractivity contribution in [2.75, 3.05) is 5.32 Å². The number of rotatable bonds is 2. The maximum atomic E-state index is 10.7. The molecule has 12 heavy (non-hydrogen) atoms. The maximum Gasteiger partial charge on any atom is 0.221 e. The Balaban J connectivity index is 2.82. The molecule has 0 saturated carbocycles. The van der Waals surface area contributed by atoms with Gasteiger partial charge in [-0.2, -0.15) is 0 Å². The molecule has 1 heterocycles. The van der Waals surface area contributed by atoms with E-state index in [1.165, 1.54) is 12.6 Å². The van der Waals surface area contributed by atoms with Gasteiger partial charge in [-0.05, 0) is 12.5 Å². The summed E-state index contributed by atoms with van der Waals surface area (Å²) < 4.78 is 2.02. The molecule has 0 aliphatic rings. The Morgan fingerprint density at radius 3 is 2.75 bits per heavy atom. The Bertz CT molecular complexity index is 289. The van der Waals surface area contributed by atoms with Gasteiger partial charge in [-0.3, -0.25) is 4.79 Å². The molecule has 0 fully saturated rings. The molecule has 1 amide bonds. The van der Waals surface area contributed by atoms with Crippen molar-refractivity contribution < 1.29 is 4.79 Å². The van der Waals surface area contributed by atoms with Gasteiger partial charge >= 0.3 is 0 Å². The number of hydrogen-bond donors (Lipinski definition) is 1. The van der Waals surface area contributed by atoms with Crippen LogP contribution < -0.4 is 5.32 Å². The second-order valence-electron chi connectivity index (χ2n) is 2.87. The van der Waals surface area contributed by atoms with E-state index >= 15 is 0 Å². The zero-order valence-electron chi connectivity index (χ0n) is 7.72. The molecule has 1 aromatic rings. The third-order valence-electron chi connectivity index (χ3n) is 1.79. The molecule has 1 N–H and O–H groups in total. The van der Waals surface area contributed by atoms with Crippen LogP contribution in [-0.2, 0) is 18.3 Å². The fraction of sp³-hybridized carbons (Fsp3) is 0.444. The standard InChI is InChI=1S/C9H14N2O/c1-4-9-5-8(6-11(9)3)10-7(2)12/h5-6H,4H2,1-3H3,(H,10,12). The quantitative estimate of drug-likeness (QED) is 0.710. The highest BCUT2D eigenvalue weighted by Crippen LogP contribution is 2.12. The van der Waals surface area contributed by atoms with Gasteiger partial charge in [0.1, 0.15) is 0 Å². The number of nitrogens with zero attached hydrogens (tertiary/aromatic N) is 1. The van der Waals surface area contributed by atoms with Gasteiger partial charge in [0.2, 0.25) is 5.91 Å². The Kier molecular flexibility index (Phi) is 2.53. The van der Waals surface area contributed by atoms with Crippen molar-refractivity contribution in [2.45, 2.75) is 20.3 Å². The van der Waals surface area contributed by atoms with Crippen molar-refractivity contribution in [1.82, 2.24) is 4.57 Å². The first-order valence-electron chi connectivity index (χ1n) is 4.06. The molecule has 0 bridgehead atoms. The minimum absolute atomic E-state index is 0.0248. The molecule has 0 unspecified atom stereocenters. The molecule has 0 radical (unpaired) electrons. The van der Waals surface area contributed by atoms with Gasteiger partial charge in [-0.15, -0.1) is 0 Å². The van der Waals surface area contributed by atoms with Crippen LogP contribution in [-0.4, -0.2) is 10.5 Å². The number of amides is 1. The van der Waals surface area contributed by atoms with Gasteiger partial charge in [-0.25, -0.2) is 0 Å². The van der Waals surface area contributed by atoms with Gasteiger partial charge < -0.3 is 9.88 Å². The van der Waals surface area contributed by atoms with E-state index in [-0.39, 0.29) is 5.91 Å². The lowest BCUT2D eigenvalue weighted by molar-refractivity contribution is -0.114. The summed E-state index contributed by atoms with van der Waals surface area (Å²) >= 11 is 0. The van der Waals surface area contributed by atoms with Crippen LogP contribution in [0.1, 0.15) is 19.5 Å². The molecule has 0 atom stereocenters. The van der Waals surface area contributed by atoms with Crippen LogP contribution in [0.25, 0.3) is 0 Å². The summed E-state index contributed by atoms with van der Waals surface area (Å²) in [6.45, 7) is 3.60. The van der Waals surface area contributed by atoms with Gasteiger partial charge in [0.05, 0.1) is 5.69 Å². The van der Waals surface area contributed by atoms with E-state index in [2.05, 4.69) is 12.2 Å². The largest absolute Gasteiger partial charge is 0.352 e. The van der Waals surface area contributed by atoms with Crippen molar-refractivity contribution >= 4 is 11.6 Å². The predicted molar refractivity (Wildman–Crippen MR) is 49.1 cm³/mol. The van der Waals surface area contributed by atoms with E-state index in [9.17, 15) is 4.79 Å². The maximum absolute atomic E-state index is 10.7. The smallest absolute Gasteiger partial charge is 0.221 e. The van der Waals surface area contributed by atoms with Crippen LogP contribution in [0, 0.1) is 0 Å². The van der Waals surface area contributed by atoms with Crippen molar-refractivity contribution in [2.24, 2.45) is 7.05 Å². The number of aromatic nitrogens is 1. The SMILES string of the molecule is CCc1cc(NC(C)=O)cn1C. The lowest BCUT2D eigenvalue weighted by Crippen LogP contribution is -2.04. The summed E-state index contributed by atoms with van der Waals surface area (Å²) in [5, 5.41) is 2.74. The topological polar surface area (TPSA) is 34.0 Å². The normalized spacial score (nSPS) is 9.92. The van der Waals surface area contributed by atoms with Crippen LogP contribution in [0.3, 0.4) is 0 Å². The molecule has 0 aliphatic carbocycles. The Hall–Kier alpha value is -1.25. The fourth-order valence-corrected chi connectivity index (χ4v) is 1.23. The van der Waals surface area contributed by atoms with Crippen molar-refractivity contribution in [3.8, 4) is 0 Å². The van der Waals surface area contributed by atoms with Crippen LogP contribution in [0.15, 0.2) is 12.3 Å². The number of carbonyl (C=O) groups is 1. The summed E-state index contributed by atoms with van der Waals surface area (Å²) in [4.78, 5) is 10.7. The van der Waals surface area contributed by atoms with Crippen LogP contribution in [0.2, 0.25) is 0 Å². The zero-order chi connectivity index (χ0) is 9.14. The van der Waals surface area contributed by atoms with E-state index in [4.69, 9.17) is 0 Å². The Morgan fingerprint density at radius 2 is 2.33 bits per heavy atom. The molecule has 3 nitrogen and oxygen atoms in total. The van der Waals surface area contributed by atoms with E-state index in [1.54, 1.807) is 0 Å². The molecule has 0 spiro atoms. The second kappa shape index (κ2) is 3.43. The number of anilines is 1. The van der Waals surface area contributed by atoms with E-state index in [0.29, 0.717) is 0 Å². The summed E-state index contributed by atoms with van der Waals surface area (Å²) in [7, 11) is 1.98. The van der Waals surface area contributed by atoms with Gasteiger partial charge in [0, 0.05) is 25.9 Å². The monoisotopic (exact) mass is 166 g/mol. The number of carbonyl (C=O) groups excluding carboxylic acids is 1. The zero-order valence-corrected chi connectivity index (χ0v) is 7.72. The van der Waals surface area contributed by atoms with Crippen LogP contribution in [0.4, 0.5) is 5.69 Å². The molecule has 0 saturated heterocycles. The molecular weight excluding hydrogens is 152 g/mol. The third-order valence-corrected chi connectivity index (χ3v) is 1.79. The lowest BCUT2D eigenvalue weighted by Gasteiger charge is -1.95. The van der Waals surface area contributed by atoms with Crippen LogP contribution >= 0.6 is 0 Å². The average Bonchev–Trinajstić information content (AvgIpc) is 2.29. The van der Waals surface area contributed by atoms with E-state index in [0.717, 1.165) is 12.1 Å². The first-order chi connectivity index (χ1) is 5.63. The Morgan fingerprint density at radius 1 is 1.67 bits per heavy atom. The van der Waals surface area contributed by atoms with Crippen LogP contribution in [0.5, 0.6) is 0 Å². The van der Waals surface area contributed by atoms with E-state index < -0.39 is 0 Å². The first kappa shape index (κ1) is 8.84. The van der Waals surface area contributed by atoms with E-state index in [1.807, 2.05) is 23.9 Å². The molecular formula is C9H14N2O. The van der Waals surface area contributed by atoms with Crippen molar-refractivity contribution in [3.63, 3.8) is 0 Å². The highest BCUT2D eigenvalue weighted by Gasteiger charge is 2.01. The fourth-order valence-electron chi connectivity index (χ4n) is 1.23. The summed E-state index contributed by atoms with van der Waals surface area (Å²) in [6.07, 6.45) is 2.90. The second-order valence-corrected chi connectivity index (χ2v) is 2.87. The number of nitrogens with one attached hydrogen (secondary N) is 1. The molecule has 3 heteroatoms. The predicted octanol–water partition coefficient (Wildman–Crippen LogP) is 1.55. The molecule has 0 aliphatic heterocycles. The average molecular weight is 166 g/mol. The summed E-state index contributed by atoms with van der Waals surface area (Å²) in [5.41, 5.74) is 2.10. The Labute approximate surface area is 72.4 Å². The highest BCUT2D eigenvalue weighted by molar-refractivity contribution is 5.88. The minimum Gasteiger partial charge on any atom is -0.352 e.